The standard InChI is InChI=1S/C14H13N3O3/c18-13(10-7-11(10)14(19)20)16-9-3-1-8(2-4-9)12-5-6-15-17-12/h1-6,10-11H,7H2,(H,15,17)(H,16,18)(H,19,20). The lowest BCUT2D eigenvalue weighted by atomic mass is 10.1. The molecule has 1 heterocycles. The Bertz CT molecular complexity index is 634. The monoisotopic (exact) mass is 271 g/mol. The van der Waals surface area contributed by atoms with E-state index in [0.29, 0.717) is 12.1 Å². The van der Waals surface area contributed by atoms with Gasteiger partial charge in [0.25, 0.3) is 0 Å². The van der Waals surface area contributed by atoms with Crippen molar-refractivity contribution in [2.45, 2.75) is 6.42 Å². The molecule has 1 aliphatic rings. The predicted molar refractivity (Wildman–Crippen MR) is 71.9 cm³/mol. The molecule has 1 fully saturated rings. The van der Waals surface area contributed by atoms with Crippen molar-refractivity contribution in [3.05, 3.63) is 36.5 Å². The Hall–Kier alpha value is -2.63. The average molecular weight is 271 g/mol. The van der Waals surface area contributed by atoms with Gasteiger partial charge in [0.15, 0.2) is 0 Å². The fourth-order valence-corrected chi connectivity index (χ4v) is 2.14. The molecule has 2 atom stereocenters. The summed E-state index contributed by atoms with van der Waals surface area (Å²) in [5, 5.41) is 18.3. The van der Waals surface area contributed by atoms with Crippen molar-refractivity contribution < 1.29 is 14.7 Å². The van der Waals surface area contributed by atoms with Gasteiger partial charge in [-0.3, -0.25) is 14.7 Å². The maximum Gasteiger partial charge on any atom is 0.307 e. The molecule has 1 aromatic heterocycles. The second-order valence-corrected chi connectivity index (χ2v) is 4.82. The molecule has 0 bridgehead atoms. The number of carboxylic acid groups (broad SMARTS) is 1. The number of carbonyl (C=O) groups is 2. The van der Waals surface area contributed by atoms with Crippen LogP contribution in [-0.4, -0.2) is 27.2 Å². The first-order valence-electron chi connectivity index (χ1n) is 6.28. The van der Waals surface area contributed by atoms with Crippen molar-refractivity contribution in [2.24, 2.45) is 11.8 Å². The highest BCUT2D eigenvalue weighted by molar-refractivity contribution is 5.98. The summed E-state index contributed by atoms with van der Waals surface area (Å²) in [6.07, 6.45) is 2.09. The van der Waals surface area contributed by atoms with Gasteiger partial charge in [0.2, 0.25) is 5.91 Å². The summed E-state index contributed by atoms with van der Waals surface area (Å²) in [5.41, 5.74) is 2.53. The van der Waals surface area contributed by atoms with Crippen molar-refractivity contribution in [1.29, 1.82) is 0 Å². The molecule has 6 nitrogen and oxygen atoms in total. The van der Waals surface area contributed by atoms with Gasteiger partial charge in [0, 0.05) is 11.9 Å². The maximum atomic E-state index is 11.8. The largest absolute Gasteiger partial charge is 0.481 e. The van der Waals surface area contributed by atoms with E-state index in [1.165, 1.54) is 0 Å². The van der Waals surface area contributed by atoms with Crippen LogP contribution in [0.25, 0.3) is 11.3 Å². The van der Waals surface area contributed by atoms with Crippen LogP contribution in [0.15, 0.2) is 36.5 Å². The highest BCUT2D eigenvalue weighted by Crippen LogP contribution is 2.39. The minimum absolute atomic E-state index is 0.230. The molecule has 1 aliphatic carbocycles. The summed E-state index contributed by atoms with van der Waals surface area (Å²) in [4.78, 5) is 22.5. The third-order valence-electron chi connectivity index (χ3n) is 3.41. The summed E-state index contributed by atoms with van der Waals surface area (Å²) < 4.78 is 0. The number of hydrogen-bond donors (Lipinski definition) is 3. The average Bonchev–Trinajstić information content (AvgIpc) is 3.07. The van der Waals surface area contributed by atoms with Gasteiger partial charge in [-0.25, -0.2) is 0 Å². The summed E-state index contributed by atoms with van der Waals surface area (Å²) >= 11 is 0. The van der Waals surface area contributed by atoms with E-state index in [4.69, 9.17) is 5.11 Å². The second-order valence-electron chi connectivity index (χ2n) is 4.82. The minimum Gasteiger partial charge on any atom is -0.481 e. The first kappa shape index (κ1) is 12.4. The number of aromatic amines is 1. The molecule has 2 aromatic rings. The molecule has 3 rings (SSSR count). The molecule has 102 valence electrons. The Morgan fingerprint density at radius 2 is 1.95 bits per heavy atom. The molecule has 1 saturated carbocycles. The molecule has 0 spiro atoms. The first-order chi connectivity index (χ1) is 9.65. The van der Waals surface area contributed by atoms with Gasteiger partial charge in [-0.15, -0.1) is 0 Å². The normalized spacial score (nSPS) is 20.4. The zero-order valence-corrected chi connectivity index (χ0v) is 10.5. The number of nitrogens with one attached hydrogen (secondary N) is 2. The Balaban J connectivity index is 1.64. The number of hydrogen-bond acceptors (Lipinski definition) is 3. The smallest absolute Gasteiger partial charge is 0.307 e. The van der Waals surface area contributed by atoms with Crippen LogP contribution in [0.1, 0.15) is 6.42 Å². The van der Waals surface area contributed by atoms with Gasteiger partial charge in [0.05, 0.1) is 17.5 Å². The Morgan fingerprint density at radius 1 is 1.20 bits per heavy atom. The third-order valence-corrected chi connectivity index (χ3v) is 3.41. The molecular formula is C14H13N3O3. The molecule has 1 amide bonds. The van der Waals surface area contributed by atoms with Crippen LogP contribution in [0.3, 0.4) is 0 Å². The quantitative estimate of drug-likeness (QED) is 0.789. The van der Waals surface area contributed by atoms with Crippen molar-refractivity contribution in [2.75, 3.05) is 5.32 Å². The first-order valence-corrected chi connectivity index (χ1v) is 6.28. The van der Waals surface area contributed by atoms with Gasteiger partial charge in [0.1, 0.15) is 0 Å². The Labute approximate surface area is 114 Å². The molecule has 6 heteroatoms. The highest BCUT2D eigenvalue weighted by Gasteiger charge is 2.48. The van der Waals surface area contributed by atoms with E-state index < -0.39 is 17.8 Å². The molecule has 0 saturated heterocycles. The summed E-state index contributed by atoms with van der Waals surface area (Å²) in [7, 11) is 0. The van der Waals surface area contributed by atoms with E-state index in [9.17, 15) is 9.59 Å². The number of aromatic nitrogens is 2. The minimum atomic E-state index is -0.903. The highest BCUT2D eigenvalue weighted by atomic mass is 16.4. The number of anilines is 1. The van der Waals surface area contributed by atoms with Gasteiger partial charge in [-0.05, 0) is 30.2 Å². The number of H-pyrrole nitrogens is 1. The fraction of sp³-hybridized carbons (Fsp3) is 0.214. The van der Waals surface area contributed by atoms with E-state index in [1.807, 2.05) is 18.2 Å². The number of aliphatic carboxylic acids is 1. The number of rotatable bonds is 4. The zero-order valence-electron chi connectivity index (χ0n) is 10.5. The van der Waals surface area contributed by atoms with Crippen molar-refractivity contribution >= 4 is 17.6 Å². The number of carboxylic acids is 1. The lowest BCUT2D eigenvalue weighted by Crippen LogP contribution is -2.16. The van der Waals surface area contributed by atoms with Crippen molar-refractivity contribution in [1.82, 2.24) is 10.2 Å². The SMILES string of the molecule is O=C(O)C1CC1C(=O)Nc1ccc(-c2ccn[nH]2)cc1. The molecule has 1 aromatic carbocycles. The molecule has 0 radical (unpaired) electrons. The van der Waals surface area contributed by atoms with Crippen LogP contribution in [0, 0.1) is 11.8 Å². The summed E-state index contributed by atoms with van der Waals surface area (Å²) in [6.45, 7) is 0. The summed E-state index contributed by atoms with van der Waals surface area (Å²) in [6, 6.07) is 9.16. The van der Waals surface area contributed by atoms with Crippen molar-refractivity contribution in [3.63, 3.8) is 0 Å². The van der Waals surface area contributed by atoms with Gasteiger partial charge in [-0.1, -0.05) is 12.1 Å². The molecule has 20 heavy (non-hydrogen) atoms. The maximum absolute atomic E-state index is 11.8. The van der Waals surface area contributed by atoms with E-state index in [-0.39, 0.29) is 5.91 Å². The zero-order chi connectivity index (χ0) is 14.1. The fourth-order valence-electron chi connectivity index (χ4n) is 2.14. The van der Waals surface area contributed by atoms with Crippen LogP contribution in [0.4, 0.5) is 5.69 Å². The van der Waals surface area contributed by atoms with Crippen LogP contribution in [0.2, 0.25) is 0 Å². The van der Waals surface area contributed by atoms with E-state index >= 15 is 0 Å². The van der Waals surface area contributed by atoms with Crippen LogP contribution in [-0.2, 0) is 9.59 Å². The lowest BCUT2D eigenvalue weighted by molar-refractivity contribution is -0.139. The third kappa shape index (κ3) is 2.40. The van der Waals surface area contributed by atoms with Crippen LogP contribution in [0.5, 0.6) is 0 Å². The predicted octanol–water partition coefficient (Wildman–Crippen LogP) is 1.74. The van der Waals surface area contributed by atoms with Gasteiger partial charge in [-0.2, -0.15) is 5.10 Å². The van der Waals surface area contributed by atoms with E-state index in [2.05, 4.69) is 15.5 Å². The van der Waals surface area contributed by atoms with Crippen LogP contribution >= 0.6 is 0 Å². The number of amides is 1. The summed E-state index contributed by atoms with van der Waals surface area (Å²) in [5.74, 6) is -2.06. The van der Waals surface area contributed by atoms with E-state index in [0.717, 1.165) is 11.3 Å². The van der Waals surface area contributed by atoms with Gasteiger partial charge < -0.3 is 10.4 Å². The number of benzene rings is 1. The van der Waals surface area contributed by atoms with Gasteiger partial charge >= 0.3 is 5.97 Å². The Morgan fingerprint density at radius 3 is 2.50 bits per heavy atom. The van der Waals surface area contributed by atoms with Crippen molar-refractivity contribution in [3.8, 4) is 11.3 Å². The molecule has 3 N–H and O–H groups in total. The second kappa shape index (κ2) is 4.80. The Kier molecular flexibility index (Phi) is 2.98. The molecule has 0 aliphatic heterocycles. The van der Waals surface area contributed by atoms with E-state index in [1.54, 1.807) is 18.3 Å². The lowest BCUT2D eigenvalue weighted by Gasteiger charge is -2.05. The number of nitrogens with zero attached hydrogens (tertiary/aromatic N) is 1. The molecule has 2 unspecified atom stereocenters. The number of carbonyl (C=O) groups excluding carboxylic acids is 1. The molecular weight excluding hydrogens is 258 g/mol. The van der Waals surface area contributed by atoms with Crippen LogP contribution < -0.4 is 5.32 Å². The topological polar surface area (TPSA) is 95.1 Å².